The maximum absolute atomic E-state index is 11.9. The molecule has 1 saturated carbocycles. The molecule has 0 aromatic heterocycles. The molecule has 1 unspecified atom stereocenters. The molecule has 0 N–H and O–H groups in total. The van der Waals surface area contributed by atoms with Gasteiger partial charge in [-0.05, 0) is 25.0 Å². The number of halogens is 1. The second-order valence-corrected chi connectivity index (χ2v) is 4.22. The van der Waals surface area contributed by atoms with Crippen LogP contribution in [0.1, 0.15) is 29.6 Å². The first kappa shape index (κ1) is 10.4. The van der Waals surface area contributed by atoms with Crippen molar-refractivity contribution in [2.24, 2.45) is 5.92 Å². The summed E-state index contributed by atoms with van der Waals surface area (Å²) in [5.74, 6) is -0.441. The second-order valence-electron chi connectivity index (χ2n) is 3.79. The summed E-state index contributed by atoms with van der Waals surface area (Å²) in [5.41, 5.74) is 0.544. The molecular weight excluding hydrogens is 212 g/mol. The van der Waals surface area contributed by atoms with Gasteiger partial charge in [0.25, 0.3) is 0 Å². The van der Waals surface area contributed by atoms with E-state index in [2.05, 4.69) is 0 Å². The van der Waals surface area contributed by atoms with Gasteiger partial charge in [0.2, 0.25) is 0 Å². The molecule has 2 rings (SSSR count). The molecule has 1 aromatic rings. The van der Waals surface area contributed by atoms with Crippen molar-refractivity contribution in [1.82, 2.24) is 0 Å². The number of benzene rings is 1. The molecule has 78 valence electrons. The molecule has 1 aromatic carbocycles. The zero-order chi connectivity index (χ0) is 10.8. The van der Waals surface area contributed by atoms with E-state index in [-0.39, 0.29) is 11.6 Å². The largest absolute Gasteiger partial charge is 0.299 e. The number of Topliss-reactive ketones (excluding diaryl/α,β-unsaturated/α-hetero) is 2. The SMILES string of the molecule is O=C1CCCC1C(=O)c1cccc(Cl)c1. The van der Waals surface area contributed by atoms with E-state index in [0.717, 1.165) is 6.42 Å². The van der Waals surface area contributed by atoms with Gasteiger partial charge in [0.1, 0.15) is 5.78 Å². The lowest BCUT2D eigenvalue weighted by Crippen LogP contribution is -2.18. The molecule has 1 atom stereocenters. The number of rotatable bonds is 2. The zero-order valence-corrected chi connectivity index (χ0v) is 8.96. The van der Waals surface area contributed by atoms with Gasteiger partial charge in [-0.2, -0.15) is 0 Å². The van der Waals surface area contributed by atoms with E-state index in [1.165, 1.54) is 0 Å². The van der Waals surface area contributed by atoms with Gasteiger partial charge in [-0.25, -0.2) is 0 Å². The first-order valence-electron chi connectivity index (χ1n) is 5.01. The van der Waals surface area contributed by atoms with Gasteiger partial charge in [0, 0.05) is 17.0 Å². The molecule has 2 nitrogen and oxygen atoms in total. The Balaban J connectivity index is 2.24. The van der Waals surface area contributed by atoms with E-state index in [1.54, 1.807) is 24.3 Å². The van der Waals surface area contributed by atoms with Crippen molar-refractivity contribution in [2.75, 3.05) is 0 Å². The van der Waals surface area contributed by atoms with Crippen LogP contribution in [-0.2, 0) is 4.79 Å². The minimum Gasteiger partial charge on any atom is -0.299 e. The molecule has 0 spiro atoms. The third-order valence-corrected chi connectivity index (χ3v) is 2.97. The predicted molar refractivity (Wildman–Crippen MR) is 58.1 cm³/mol. The Morgan fingerprint density at radius 3 is 2.80 bits per heavy atom. The fourth-order valence-corrected chi connectivity index (χ4v) is 2.13. The van der Waals surface area contributed by atoms with Crippen LogP contribution in [0.25, 0.3) is 0 Å². The van der Waals surface area contributed by atoms with Gasteiger partial charge in [-0.1, -0.05) is 23.7 Å². The molecule has 0 radical (unpaired) electrons. The Morgan fingerprint density at radius 1 is 1.40 bits per heavy atom. The van der Waals surface area contributed by atoms with Crippen LogP contribution in [0.3, 0.4) is 0 Å². The van der Waals surface area contributed by atoms with E-state index >= 15 is 0 Å². The van der Waals surface area contributed by atoms with E-state index in [1.807, 2.05) is 0 Å². The summed E-state index contributed by atoms with van der Waals surface area (Å²) in [5, 5.41) is 0.534. The first-order valence-corrected chi connectivity index (χ1v) is 5.39. The number of hydrogen-bond donors (Lipinski definition) is 0. The van der Waals surface area contributed by atoms with Crippen molar-refractivity contribution < 1.29 is 9.59 Å². The normalized spacial score (nSPS) is 20.6. The molecular formula is C12H11ClO2. The Labute approximate surface area is 93.2 Å². The quantitative estimate of drug-likeness (QED) is 0.570. The molecule has 1 aliphatic rings. The number of hydrogen-bond acceptors (Lipinski definition) is 2. The van der Waals surface area contributed by atoms with Crippen LogP contribution in [0.2, 0.25) is 5.02 Å². The number of carbonyl (C=O) groups is 2. The fourth-order valence-electron chi connectivity index (χ4n) is 1.94. The first-order chi connectivity index (χ1) is 7.18. The highest BCUT2D eigenvalue weighted by Gasteiger charge is 2.31. The molecule has 1 aliphatic carbocycles. The Bertz CT molecular complexity index is 412. The summed E-state index contributed by atoms with van der Waals surface area (Å²) in [6, 6.07) is 6.78. The van der Waals surface area contributed by atoms with Crippen molar-refractivity contribution in [1.29, 1.82) is 0 Å². The topological polar surface area (TPSA) is 34.1 Å². The summed E-state index contributed by atoms with van der Waals surface area (Å²) in [6.07, 6.45) is 2.05. The molecule has 3 heteroatoms. The van der Waals surface area contributed by atoms with Crippen LogP contribution in [0.15, 0.2) is 24.3 Å². The maximum atomic E-state index is 11.9. The maximum Gasteiger partial charge on any atom is 0.173 e. The lowest BCUT2D eigenvalue weighted by Gasteiger charge is -2.06. The zero-order valence-electron chi connectivity index (χ0n) is 8.20. The van der Waals surface area contributed by atoms with E-state index in [4.69, 9.17) is 11.6 Å². The summed E-state index contributed by atoms with van der Waals surface area (Å²) in [7, 11) is 0. The Hall–Kier alpha value is -1.15. The molecule has 1 fully saturated rings. The highest BCUT2D eigenvalue weighted by atomic mass is 35.5. The van der Waals surface area contributed by atoms with E-state index < -0.39 is 5.92 Å². The summed E-state index contributed by atoms with van der Waals surface area (Å²) >= 11 is 5.79. The number of carbonyl (C=O) groups excluding carboxylic acids is 2. The van der Waals surface area contributed by atoms with Gasteiger partial charge in [0.05, 0.1) is 5.92 Å². The van der Waals surface area contributed by atoms with Gasteiger partial charge in [0.15, 0.2) is 5.78 Å². The highest BCUT2D eigenvalue weighted by Crippen LogP contribution is 2.25. The second kappa shape index (κ2) is 4.15. The third kappa shape index (κ3) is 2.10. The van der Waals surface area contributed by atoms with Crippen molar-refractivity contribution >= 4 is 23.2 Å². The highest BCUT2D eigenvalue weighted by molar-refractivity contribution is 6.31. The number of ketones is 2. The lowest BCUT2D eigenvalue weighted by atomic mass is 9.96. The van der Waals surface area contributed by atoms with Crippen LogP contribution < -0.4 is 0 Å². The fraction of sp³-hybridized carbons (Fsp3) is 0.333. The van der Waals surface area contributed by atoms with Crippen molar-refractivity contribution in [3.05, 3.63) is 34.9 Å². The van der Waals surface area contributed by atoms with Gasteiger partial charge >= 0.3 is 0 Å². The molecule has 0 bridgehead atoms. The molecule has 0 heterocycles. The predicted octanol–water partition coefficient (Wildman–Crippen LogP) is 2.89. The molecule has 0 saturated heterocycles. The van der Waals surface area contributed by atoms with Crippen molar-refractivity contribution in [2.45, 2.75) is 19.3 Å². The van der Waals surface area contributed by atoms with E-state index in [0.29, 0.717) is 23.4 Å². The minimum absolute atomic E-state index is 0.0694. The van der Waals surface area contributed by atoms with Crippen molar-refractivity contribution in [3.63, 3.8) is 0 Å². The summed E-state index contributed by atoms with van der Waals surface area (Å²) in [4.78, 5) is 23.4. The Morgan fingerprint density at radius 2 is 2.20 bits per heavy atom. The van der Waals surface area contributed by atoms with Gasteiger partial charge in [-0.15, -0.1) is 0 Å². The van der Waals surface area contributed by atoms with Crippen molar-refractivity contribution in [3.8, 4) is 0 Å². The lowest BCUT2D eigenvalue weighted by molar-refractivity contribution is -0.119. The smallest absolute Gasteiger partial charge is 0.173 e. The minimum atomic E-state index is -0.427. The average molecular weight is 223 g/mol. The van der Waals surface area contributed by atoms with E-state index in [9.17, 15) is 9.59 Å². The molecule has 0 amide bonds. The standard InChI is InChI=1S/C12H11ClO2/c13-9-4-1-3-8(7-9)12(15)10-5-2-6-11(10)14/h1,3-4,7,10H,2,5-6H2. The van der Waals surface area contributed by atoms with Gasteiger partial charge < -0.3 is 0 Å². The Kier molecular flexibility index (Phi) is 2.87. The molecule has 15 heavy (non-hydrogen) atoms. The monoisotopic (exact) mass is 222 g/mol. The van der Waals surface area contributed by atoms with Crippen LogP contribution >= 0.6 is 11.6 Å². The van der Waals surface area contributed by atoms with Crippen LogP contribution in [0.5, 0.6) is 0 Å². The van der Waals surface area contributed by atoms with Crippen LogP contribution in [0, 0.1) is 5.92 Å². The average Bonchev–Trinajstić information content (AvgIpc) is 2.63. The summed E-state index contributed by atoms with van der Waals surface area (Å²) < 4.78 is 0. The summed E-state index contributed by atoms with van der Waals surface area (Å²) in [6.45, 7) is 0. The van der Waals surface area contributed by atoms with Crippen LogP contribution in [0.4, 0.5) is 0 Å². The van der Waals surface area contributed by atoms with Gasteiger partial charge in [-0.3, -0.25) is 9.59 Å². The molecule has 0 aliphatic heterocycles. The third-order valence-electron chi connectivity index (χ3n) is 2.73. The van der Waals surface area contributed by atoms with Crippen LogP contribution in [-0.4, -0.2) is 11.6 Å².